The third kappa shape index (κ3) is 4.25. The fraction of sp³-hybridized carbons (Fsp3) is 0.550. The molecule has 0 aromatic heterocycles. The van der Waals surface area contributed by atoms with Crippen molar-refractivity contribution < 1.29 is 14.4 Å². The molecule has 0 unspecified atom stereocenters. The number of piperazine rings is 1. The van der Waals surface area contributed by atoms with Gasteiger partial charge in [0.05, 0.1) is 32.2 Å². The largest absolute Gasteiger partial charge is 0.507 e. The zero-order valence-electron chi connectivity index (χ0n) is 15.5. The Labute approximate surface area is 146 Å². The number of aldehydes is 1. The van der Waals surface area contributed by atoms with Crippen molar-refractivity contribution in [1.82, 2.24) is 4.90 Å². The molecular formula is C20H31N2O2+. The zero-order chi connectivity index (χ0) is 18.0. The van der Waals surface area contributed by atoms with Crippen LogP contribution in [0.4, 0.5) is 0 Å². The molecule has 24 heavy (non-hydrogen) atoms. The van der Waals surface area contributed by atoms with E-state index in [1.807, 2.05) is 6.08 Å². The minimum absolute atomic E-state index is 0.0540. The number of carbonyl (C=O) groups is 1. The molecule has 1 N–H and O–H groups in total. The molecule has 1 saturated heterocycles. The fourth-order valence-electron chi connectivity index (χ4n) is 3.24. The maximum absolute atomic E-state index is 11.3. The molecule has 1 fully saturated rings. The Hall–Kier alpha value is -1.65. The summed E-state index contributed by atoms with van der Waals surface area (Å²) in [7, 11) is 2.27. The Morgan fingerprint density at radius 1 is 1.29 bits per heavy atom. The van der Waals surface area contributed by atoms with Crippen molar-refractivity contribution in [1.29, 1.82) is 0 Å². The minimum Gasteiger partial charge on any atom is -0.507 e. The van der Waals surface area contributed by atoms with Crippen molar-refractivity contribution in [2.75, 3.05) is 39.8 Å². The van der Waals surface area contributed by atoms with Crippen LogP contribution in [-0.4, -0.2) is 60.5 Å². The van der Waals surface area contributed by atoms with Crippen LogP contribution in [0, 0.1) is 0 Å². The van der Waals surface area contributed by atoms with Gasteiger partial charge in [-0.2, -0.15) is 0 Å². The van der Waals surface area contributed by atoms with Crippen molar-refractivity contribution in [3.63, 3.8) is 0 Å². The van der Waals surface area contributed by atoms with E-state index in [4.69, 9.17) is 0 Å². The van der Waals surface area contributed by atoms with Gasteiger partial charge in [0.2, 0.25) is 0 Å². The molecule has 0 bridgehead atoms. The van der Waals surface area contributed by atoms with Gasteiger partial charge in [-0.25, -0.2) is 0 Å². The monoisotopic (exact) mass is 331 g/mol. The van der Waals surface area contributed by atoms with Gasteiger partial charge in [0.15, 0.2) is 6.29 Å². The Morgan fingerprint density at radius 2 is 1.92 bits per heavy atom. The van der Waals surface area contributed by atoms with Crippen LogP contribution in [0.25, 0.3) is 0 Å². The number of hydrogen-bond acceptors (Lipinski definition) is 3. The summed E-state index contributed by atoms with van der Waals surface area (Å²) in [6.07, 6.45) is 2.74. The second-order valence-corrected chi connectivity index (χ2v) is 8.26. The van der Waals surface area contributed by atoms with Gasteiger partial charge in [-0.05, 0) is 23.1 Å². The smallest absolute Gasteiger partial charge is 0.153 e. The van der Waals surface area contributed by atoms with Crippen LogP contribution in [0.1, 0.15) is 42.3 Å². The summed E-state index contributed by atoms with van der Waals surface area (Å²) >= 11 is 0. The molecule has 1 heterocycles. The second-order valence-electron chi connectivity index (χ2n) is 8.26. The highest BCUT2D eigenvalue weighted by Crippen LogP contribution is 2.31. The molecule has 1 aliphatic rings. The molecule has 0 spiro atoms. The van der Waals surface area contributed by atoms with E-state index < -0.39 is 0 Å². The standard InChI is InChI=1S/C20H30N2O2/c1-6-9-22(5)10-7-21(8-11-22)14-16-12-18(20(2,3)4)13-17(15-23)19(16)24/h6,12-13,15H,1,7-11,14H2,2-5H3/p+1. The van der Waals surface area contributed by atoms with Crippen molar-refractivity contribution in [3.05, 3.63) is 41.5 Å². The molecule has 0 amide bonds. The molecule has 0 radical (unpaired) electrons. The van der Waals surface area contributed by atoms with E-state index in [-0.39, 0.29) is 11.2 Å². The van der Waals surface area contributed by atoms with Crippen molar-refractivity contribution >= 4 is 6.29 Å². The predicted molar refractivity (Wildman–Crippen MR) is 98.5 cm³/mol. The summed E-state index contributed by atoms with van der Waals surface area (Å²) < 4.78 is 1.02. The summed E-state index contributed by atoms with van der Waals surface area (Å²) in [6.45, 7) is 16.0. The first-order chi connectivity index (χ1) is 11.2. The summed E-state index contributed by atoms with van der Waals surface area (Å²) in [4.78, 5) is 13.7. The van der Waals surface area contributed by atoms with Crippen molar-refractivity contribution in [2.45, 2.75) is 32.7 Å². The van der Waals surface area contributed by atoms with Gasteiger partial charge in [-0.15, -0.1) is 0 Å². The average Bonchev–Trinajstić information content (AvgIpc) is 2.50. The minimum atomic E-state index is -0.0540. The van der Waals surface area contributed by atoms with Gasteiger partial charge in [0.1, 0.15) is 5.75 Å². The summed E-state index contributed by atoms with van der Waals surface area (Å²) in [5.41, 5.74) is 2.27. The maximum atomic E-state index is 11.3. The number of quaternary nitrogens is 1. The van der Waals surface area contributed by atoms with Crippen LogP contribution in [0.2, 0.25) is 0 Å². The highest BCUT2D eigenvalue weighted by atomic mass is 16.3. The summed E-state index contributed by atoms with van der Waals surface area (Å²) in [5, 5.41) is 10.4. The lowest BCUT2D eigenvalue weighted by Gasteiger charge is -2.41. The van der Waals surface area contributed by atoms with E-state index in [0.29, 0.717) is 12.1 Å². The second kappa shape index (κ2) is 7.08. The van der Waals surface area contributed by atoms with Gasteiger partial charge in [-0.1, -0.05) is 33.4 Å². The van der Waals surface area contributed by atoms with Crippen molar-refractivity contribution in [2.24, 2.45) is 0 Å². The lowest BCUT2D eigenvalue weighted by Crippen LogP contribution is -2.56. The fourth-order valence-corrected chi connectivity index (χ4v) is 3.24. The lowest BCUT2D eigenvalue weighted by atomic mass is 9.84. The average molecular weight is 331 g/mol. The Morgan fingerprint density at radius 3 is 2.42 bits per heavy atom. The zero-order valence-corrected chi connectivity index (χ0v) is 15.5. The van der Waals surface area contributed by atoms with E-state index in [0.717, 1.165) is 54.6 Å². The maximum Gasteiger partial charge on any atom is 0.153 e. The van der Waals surface area contributed by atoms with E-state index in [1.54, 1.807) is 6.07 Å². The third-order valence-electron chi connectivity index (χ3n) is 5.09. The number of likely N-dealkylation sites (N-methyl/N-ethyl adjacent to an activating group) is 1. The molecule has 2 rings (SSSR count). The number of carbonyl (C=O) groups excluding carboxylic acids is 1. The Kier molecular flexibility index (Phi) is 5.51. The van der Waals surface area contributed by atoms with Crippen LogP contribution >= 0.6 is 0 Å². The van der Waals surface area contributed by atoms with Gasteiger partial charge in [-0.3, -0.25) is 9.69 Å². The van der Waals surface area contributed by atoms with Crippen LogP contribution < -0.4 is 0 Å². The van der Waals surface area contributed by atoms with Gasteiger partial charge in [0, 0.05) is 25.2 Å². The number of benzene rings is 1. The van der Waals surface area contributed by atoms with Gasteiger partial charge < -0.3 is 9.59 Å². The number of rotatable bonds is 5. The van der Waals surface area contributed by atoms with E-state index in [9.17, 15) is 9.90 Å². The molecule has 132 valence electrons. The molecule has 4 heteroatoms. The third-order valence-corrected chi connectivity index (χ3v) is 5.09. The van der Waals surface area contributed by atoms with E-state index >= 15 is 0 Å². The molecule has 1 aromatic carbocycles. The molecular weight excluding hydrogens is 300 g/mol. The highest BCUT2D eigenvalue weighted by molar-refractivity contribution is 5.80. The summed E-state index contributed by atoms with van der Waals surface area (Å²) in [6, 6.07) is 3.86. The SMILES string of the molecule is C=CC[N+]1(C)CCN(Cc2cc(C(C)(C)C)cc(C=O)c2O)CC1. The molecule has 0 atom stereocenters. The lowest BCUT2D eigenvalue weighted by molar-refractivity contribution is -0.908. The van der Waals surface area contributed by atoms with Crippen LogP contribution in [-0.2, 0) is 12.0 Å². The molecule has 0 saturated carbocycles. The first kappa shape index (κ1) is 18.7. The quantitative estimate of drug-likeness (QED) is 0.512. The number of nitrogens with zero attached hydrogens (tertiary/aromatic N) is 2. The molecule has 1 aromatic rings. The first-order valence-electron chi connectivity index (χ1n) is 8.67. The van der Waals surface area contributed by atoms with Crippen molar-refractivity contribution in [3.8, 4) is 5.75 Å². The topological polar surface area (TPSA) is 40.5 Å². The van der Waals surface area contributed by atoms with Gasteiger partial charge in [0.25, 0.3) is 0 Å². The number of phenolic OH excluding ortho intramolecular Hbond substituents is 1. The van der Waals surface area contributed by atoms with Crippen LogP contribution in [0.15, 0.2) is 24.8 Å². The normalized spacial score (nSPS) is 18.3. The Bertz CT molecular complexity index is 609. The van der Waals surface area contributed by atoms with Crippen LogP contribution in [0.3, 0.4) is 0 Å². The number of hydrogen-bond donors (Lipinski definition) is 1. The van der Waals surface area contributed by atoms with E-state index in [2.05, 4.69) is 45.4 Å². The molecule has 1 aliphatic heterocycles. The summed E-state index contributed by atoms with van der Waals surface area (Å²) in [5.74, 6) is 0.131. The predicted octanol–water partition coefficient (Wildman–Crippen LogP) is 2.95. The van der Waals surface area contributed by atoms with Crippen LogP contribution in [0.5, 0.6) is 5.75 Å². The first-order valence-corrected chi connectivity index (χ1v) is 8.67. The molecule has 4 nitrogen and oxygen atoms in total. The van der Waals surface area contributed by atoms with E-state index in [1.165, 1.54) is 0 Å². The highest BCUT2D eigenvalue weighted by Gasteiger charge is 2.28. The Balaban J connectivity index is 2.18. The molecule has 0 aliphatic carbocycles. The number of aromatic hydroxyl groups is 1. The number of phenols is 1. The van der Waals surface area contributed by atoms with Gasteiger partial charge >= 0.3 is 0 Å².